The van der Waals surface area contributed by atoms with Crippen LogP contribution >= 0.6 is 0 Å². The summed E-state index contributed by atoms with van der Waals surface area (Å²) in [5.41, 5.74) is 3.41. The van der Waals surface area contributed by atoms with E-state index in [1.54, 1.807) is 6.07 Å². The third-order valence-corrected chi connectivity index (χ3v) is 5.22. The van der Waals surface area contributed by atoms with Crippen LogP contribution in [0.15, 0.2) is 18.2 Å². The summed E-state index contributed by atoms with van der Waals surface area (Å²) in [4.78, 5) is 13.9. The molecule has 2 N–H and O–H groups in total. The van der Waals surface area contributed by atoms with Crippen molar-refractivity contribution in [2.45, 2.75) is 37.5 Å². The third kappa shape index (κ3) is 2.37. The number of nitrogens with zero attached hydrogens (tertiary/aromatic N) is 2. The highest BCUT2D eigenvalue weighted by Gasteiger charge is 2.36. The number of H-pyrrole nitrogens is 1. The van der Waals surface area contributed by atoms with E-state index >= 15 is 0 Å². The summed E-state index contributed by atoms with van der Waals surface area (Å²) in [7, 11) is 3.76. The number of hydrogen-bond acceptors (Lipinski definition) is 3. The summed E-state index contributed by atoms with van der Waals surface area (Å²) < 4.78 is 14.8. The Hall–Kier alpha value is -2.37. The van der Waals surface area contributed by atoms with E-state index in [-0.39, 0.29) is 24.1 Å². The molecule has 4 rings (SSSR count). The van der Waals surface area contributed by atoms with Crippen LogP contribution in [0.2, 0.25) is 0 Å². The largest absolute Gasteiger partial charge is 0.378 e. The topological polar surface area (TPSA) is 61.0 Å². The smallest absolute Gasteiger partial charge is 0.226 e. The van der Waals surface area contributed by atoms with Crippen molar-refractivity contribution in [3.05, 3.63) is 40.8 Å². The number of nitrogens with one attached hydrogen (secondary N) is 2. The van der Waals surface area contributed by atoms with Crippen molar-refractivity contribution in [1.82, 2.24) is 10.2 Å². The Labute approximate surface area is 140 Å². The molecule has 1 aliphatic heterocycles. The van der Waals surface area contributed by atoms with E-state index in [9.17, 15) is 9.18 Å². The first kappa shape index (κ1) is 15.2. The molecular formula is C18H21FN4O. The van der Waals surface area contributed by atoms with Crippen molar-refractivity contribution >= 4 is 17.4 Å². The first-order valence-electron chi connectivity index (χ1n) is 8.39. The van der Waals surface area contributed by atoms with E-state index in [4.69, 9.17) is 0 Å². The lowest BCUT2D eigenvalue weighted by Crippen LogP contribution is -2.25. The standard InChI is InChI=1S/C18H21FN4O/c1-23(2)11-6-7-12(14(19)8-11)13-9-15(24)20-18-16(13)17(21-22-18)10-4-3-5-10/h6-8,10,13H,3-5,9H2,1-2H3,(H2,20,21,22,24). The fourth-order valence-corrected chi connectivity index (χ4v) is 3.63. The molecule has 1 aliphatic carbocycles. The van der Waals surface area contributed by atoms with E-state index in [1.807, 2.05) is 25.1 Å². The average Bonchev–Trinajstić information content (AvgIpc) is 2.88. The molecule has 2 aliphatic rings. The number of anilines is 2. The maximum atomic E-state index is 14.8. The highest BCUT2D eigenvalue weighted by Crippen LogP contribution is 2.46. The van der Waals surface area contributed by atoms with E-state index < -0.39 is 0 Å². The summed E-state index contributed by atoms with van der Waals surface area (Å²) in [5.74, 6) is 0.347. The van der Waals surface area contributed by atoms with Gasteiger partial charge in [0.15, 0.2) is 5.82 Å². The number of amides is 1. The zero-order valence-corrected chi connectivity index (χ0v) is 13.9. The number of carbonyl (C=O) groups is 1. The van der Waals surface area contributed by atoms with Gasteiger partial charge in [0.05, 0.1) is 0 Å². The fourth-order valence-electron chi connectivity index (χ4n) is 3.63. The molecule has 6 heteroatoms. The molecule has 126 valence electrons. The summed E-state index contributed by atoms with van der Waals surface area (Å²) >= 11 is 0. The van der Waals surface area contributed by atoms with Gasteiger partial charge in [-0.25, -0.2) is 4.39 Å². The van der Waals surface area contributed by atoms with Gasteiger partial charge in [-0.2, -0.15) is 5.10 Å². The maximum absolute atomic E-state index is 14.8. The predicted octanol–water partition coefficient (Wildman–Crippen LogP) is 3.36. The number of halogens is 1. The fraction of sp³-hybridized carbons (Fsp3) is 0.444. The molecule has 1 unspecified atom stereocenters. The van der Waals surface area contributed by atoms with Gasteiger partial charge in [-0.3, -0.25) is 9.89 Å². The molecule has 2 heterocycles. The highest BCUT2D eigenvalue weighted by molar-refractivity contribution is 5.94. The second kappa shape index (κ2) is 5.61. The molecule has 1 atom stereocenters. The lowest BCUT2D eigenvalue weighted by atomic mass is 9.77. The molecule has 0 radical (unpaired) electrons. The number of rotatable bonds is 3. The Morgan fingerprint density at radius 2 is 2.08 bits per heavy atom. The van der Waals surface area contributed by atoms with Crippen molar-refractivity contribution in [2.24, 2.45) is 0 Å². The van der Waals surface area contributed by atoms with E-state index in [0.29, 0.717) is 17.3 Å². The minimum absolute atomic E-state index is 0.116. The molecule has 0 bridgehead atoms. The number of fused-ring (bicyclic) bond motifs is 1. The monoisotopic (exact) mass is 328 g/mol. The molecule has 2 aromatic rings. The molecule has 0 spiro atoms. The first-order chi connectivity index (χ1) is 11.5. The second-order valence-electron chi connectivity index (χ2n) is 6.93. The summed E-state index contributed by atoms with van der Waals surface area (Å²) in [6, 6.07) is 5.23. The third-order valence-electron chi connectivity index (χ3n) is 5.22. The number of hydrogen-bond donors (Lipinski definition) is 2. The second-order valence-corrected chi connectivity index (χ2v) is 6.93. The van der Waals surface area contributed by atoms with Crippen molar-refractivity contribution < 1.29 is 9.18 Å². The molecule has 1 aromatic carbocycles. The van der Waals surface area contributed by atoms with Crippen LogP contribution in [-0.4, -0.2) is 30.2 Å². The molecule has 1 fully saturated rings. The van der Waals surface area contributed by atoms with Crippen LogP contribution in [0.3, 0.4) is 0 Å². The number of aromatic amines is 1. The molecule has 1 amide bonds. The maximum Gasteiger partial charge on any atom is 0.226 e. The van der Waals surface area contributed by atoms with Crippen LogP contribution in [0, 0.1) is 5.82 Å². The van der Waals surface area contributed by atoms with Gasteiger partial charge in [-0.1, -0.05) is 12.5 Å². The Kier molecular flexibility index (Phi) is 3.55. The van der Waals surface area contributed by atoms with Crippen LogP contribution < -0.4 is 10.2 Å². The lowest BCUT2D eigenvalue weighted by Gasteiger charge is -2.29. The Morgan fingerprint density at radius 3 is 2.71 bits per heavy atom. The summed E-state index contributed by atoms with van der Waals surface area (Å²) in [6.45, 7) is 0. The molecule has 0 saturated heterocycles. The van der Waals surface area contributed by atoms with Gasteiger partial charge >= 0.3 is 0 Å². The molecular weight excluding hydrogens is 307 g/mol. The molecule has 24 heavy (non-hydrogen) atoms. The van der Waals surface area contributed by atoms with E-state index in [2.05, 4.69) is 15.5 Å². The Morgan fingerprint density at radius 1 is 1.29 bits per heavy atom. The van der Waals surface area contributed by atoms with Gasteiger partial charge in [0.1, 0.15) is 5.82 Å². The molecule has 1 aromatic heterocycles. The normalized spacial score (nSPS) is 20.3. The van der Waals surface area contributed by atoms with Crippen molar-refractivity contribution in [3.63, 3.8) is 0 Å². The van der Waals surface area contributed by atoms with Crippen molar-refractivity contribution in [1.29, 1.82) is 0 Å². The first-order valence-corrected chi connectivity index (χ1v) is 8.39. The predicted molar refractivity (Wildman–Crippen MR) is 91.0 cm³/mol. The molecule has 5 nitrogen and oxygen atoms in total. The lowest BCUT2D eigenvalue weighted by molar-refractivity contribution is -0.116. The van der Waals surface area contributed by atoms with Gasteiger partial charge in [0, 0.05) is 49.3 Å². The van der Waals surface area contributed by atoms with Gasteiger partial charge in [-0.15, -0.1) is 0 Å². The Bertz CT molecular complexity index is 794. The van der Waals surface area contributed by atoms with E-state index in [0.717, 1.165) is 29.8 Å². The minimum Gasteiger partial charge on any atom is -0.378 e. The summed E-state index contributed by atoms with van der Waals surface area (Å²) in [6.07, 6.45) is 3.71. The van der Waals surface area contributed by atoms with Crippen LogP contribution in [0.4, 0.5) is 15.9 Å². The summed E-state index contributed by atoms with van der Waals surface area (Å²) in [5, 5.41) is 10.2. The SMILES string of the molecule is CN(C)c1ccc(C2CC(=O)Nc3n[nH]c(C4CCC4)c32)c(F)c1. The number of carbonyl (C=O) groups excluding carboxylic acids is 1. The van der Waals surface area contributed by atoms with Gasteiger partial charge in [0.25, 0.3) is 0 Å². The van der Waals surface area contributed by atoms with Crippen molar-refractivity contribution in [2.75, 3.05) is 24.3 Å². The zero-order chi connectivity index (χ0) is 16.8. The quantitative estimate of drug-likeness (QED) is 0.908. The van der Waals surface area contributed by atoms with E-state index in [1.165, 1.54) is 12.5 Å². The number of aromatic nitrogens is 2. The van der Waals surface area contributed by atoms with Crippen LogP contribution in [-0.2, 0) is 4.79 Å². The van der Waals surface area contributed by atoms with Crippen LogP contribution in [0.25, 0.3) is 0 Å². The average molecular weight is 328 g/mol. The Balaban J connectivity index is 1.79. The minimum atomic E-state index is -0.278. The molecule has 1 saturated carbocycles. The van der Waals surface area contributed by atoms with Crippen LogP contribution in [0.1, 0.15) is 54.3 Å². The highest BCUT2D eigenvalue weighted by atomic mass is 19.1. The number of benzene rings is 1. The zero-order valence-electron chi connectivity index (χ0n) is 13.9. The van der Waals surface area contributed by atoms with Crippen LogP contribution in [0.5, 0.6) is 0 Å². The van der Waals surface area contributed by atoms with Crippen molar-refractivity contribution in [3.8, 4) is 0 Å². The van der Waals surface area contributed by atoms with Gasteiger partial charge in [-0.05, 0) is 30.5 Å². The van der Waals surface area contributed by atoms with Gasteiger partial charge in [0.2, 0.25) is 5.91 Å². The van der Waals surface area contributed by atoms with Gasteiger partial charge < -0.3 is 10.2 Å².